The summed E-state index contributed by atoms with van der Waals surface area (Å²) < 4.78 is 19.1. The smallest absolute Gasteiger partial charge is 0.168 e. The second kappa shape index (κ2) is 5.94. The molecule has 0 saturated carbocycles. The van der Waals surface area contributed by atoms with Crippen LogP contribution in [0.15, 0.2) is 28.7 Å². The van der Waals surface area contributed by atoms with Gasteiger partial charge in [0.1, 0.15) is 24.0 Å². The van der Waals surface area contributed by atoms with Gasteiger partial charge in [0, 0.05) is 17.8 Å². The van der Waals surface area contributed by atoms with E-state index in [1.807, 2.05) is 6.92 Å². The minimum Gasteiger partial charge on any atom is -0.486 e. The molecule has 2 aromatic rings. The highest BCUT2D eigenvalue weighted by Crippen LogP contribution is 2.21. The lowest BCUT2D eigenvalue weighted by Crippen LogP contribution is -2.12. The van der Waals surface area contributed by atoms with E-state index in [0.29, 0.717) is 21.9 Å². The molecule has 100 valence electrons. The zero-order valence-corrected chi connectivity index (χ0v) is 11.7. The lowest BCUT2D eigenvalue weighted by molar-refractivity contribution is 0.294. The van der Waals surface area contributed by atoms with Gasteiger partial charge in [-0.05, 0) is 35.0 Å². The molecule has 0 fully saturated rings. The van der Waals surface area contributed by atoms with Crippen LogP contribution in [-0.2, 0) is 6.61 Å². The summed E-state index contributed by atoms with van der Waals surface area (Å²) in [7, 11) is 0. The first-order valence-electron chi connectivity index (χ1n) is 5.47. The molecule has 0 aliphatic rings. The zero-order chi connectivity index (χ0) is 13.8. The van der Waals surface area contributed by atoms with E-state index in [-0.39, 0.29) is 12.4 Å². The number of aryl methyl sites for hydroxylation is 1. The van der Waals surface area contributed by atoms with Crippen LogP contribution in [-0.4, -0.2) is 9.97 Å². The number of nitrogens with one attached hydrogen (secondary N) is 1. The van der Waals surface area contributed by atoms with Crippen molar-refractivity contribution in [2.24, 2.45) is 5.84 Å². The third kappa shape index (κ3) is 3.62. The van der Waals surface area contributed by atoms with Crippen molar-refractivity contribution in [2.75, 3.05) is 5.43 Å². The van der Waals surface area contributed by atoms with Gasteiger partial charge in [-0.1, -0.05) is 0 Å². The van der Waals surface area contributed by atoms with Crippen LogP contribution in [0.1, 0.15) is 11.5 Å². The molecule has 1 aromatic heterocycles. The van der Waals surface area contributed by atoms with Crippen LogP contribution in [0.5, 0.6) is 5.75 Å². The number of aromatic nitrogens is 2. The largest absolute Gasteiger partial charge is 0.486 e. The second-order valence-electron chi connectivity index (χ2n) is 3.82. The number of hydrogen-bond acceptors (Lipinski definition) is 5. The maximum absolute atomic E-state index is 13.3. The summed E-state index contributed by atoms with van der Waals surface area (Å²) in [5.41, 5.74) is 3.22. The van der Waals surface area contributed by atoms with Crippen molar-refractivity contribution in [3.05, 3.63) is 46.1 Å². The zero-order valence-electron chi connectivity index (χ0n) is 10.2. The summed E-state index contributed by atoms with van der Waals surface area (Å²) in [6, 6.07) is 6.24. The highest BCUT2D eigenvalue weighted by atomic mass is 79.9. The summed E-state index contributed by atoms with van der Waals surface area (Å²) in [5.74, 6) is 6.30. The number of nitrogen functional groups attached to an aromatic ring is 1. The number of nitrogens with two attached hydrogens (primary N) is 1. The first-order valence-corrected chi connectivity index (χ1v) is 6.27. The van der Waals surface area contributed by atoms with Crippen LogP contribution in [0.4, 0.5) is 10.2 Å². The minimum atomic E-state index is -0.382. The number of halogens is 2. The van der Waals surface area contributed by atoms with E-state index >= 15 is 0 Å². The Bertz CT molecular complexity index is 594. The van der Waals surface area contributed by atoms with Crippen LogP contribution in [0, 0.1) is 12.7 Å². The van der Waals surface area contributed by atoms with E-state index in [1.165, 1.54) is 6.07 Å². The molecule has 0 amide bonds. The fourth-order valence-electron chi connectivity index (χ4n) is 1.48. The van der Waals surface area contributed by atoms with Crippen molar-refractivity contribution >= 4 is 21.7 Å². The Labute approximate surface area is 118 Å². The Morgan fingerprint density at radius 1 is 1.37 bits per heavy atom. The fraction of sp³-hybridized carbons (Fsp3) is 0.167. The first-order chi connectivity index (χ1) is 9.08. The van der Waals surface area contributed by atoms with Gasteiger partial charge < -0.3 is 10.2 Å². The average Bonchev–Trinajstić information content (AvgIpc) is 2.39. The number of anilines is 1. The molecule has 0 radical (unpaired) electrons. The third-order valence-electron chi connectivity index (χ3n) is 2.31. The number of nitrogens with zero attached hydrogens (tertiary/aromatic N) is 2. The van der Waals surface area contributed by atoms with E-state index in [4.69, 9.17) is 10.6 Å². The quantitative estimate of drug-likeness (QED) is 0.667. The van der Waals surface area contributed by atoms with Crippen molar-refractivity contribution in [1.29, 1.82) is 0 Å². The predicted octanol–water partition coefficient (Wildman–Crippen LogP) is 2.55. The molecule has 0 aliphatic heterocycles. The van der Waals surface area contributed by atoms with Crippen molar-refractivity contribution in [3.63, 3.8) is 0 Å². The molecular weight excluding hydrogens is 315 g/mol. The van der Waals surface area contributed by atoms with E-state index < -0.39 is 0 Å². The van der Waals surface area contributed by atoms with Crippen LogP contribution in [0.25, 0.3) is 0 Å². The number of hydrazine groups is 1. The summed E-state index contributed by atoms with van der Waals surface area (Å²) >= 11 is 3.08. The highest BCUT2D eigenvalue weighted by molar-refractivity contribution is 9.10. The van der Waals surface area contributed by atoms with Crippen LogP contribution in [0.2, 0.25) is 0 Å². The van der Waals surface area contributed by atoms with Gasteiger partial charge in [0.2, 0.25) is 0 Å². The van der Waals surface area contributed by atoms with Gasteiger partial charge in [-0.15, -0.1) is 0 Å². The molecule has 0 unspecified atom stereocenters. The van der Waals surface area contributed by atoms with Gasteiger partial charge in [-0.25, -0.2) is 20.2 Å². The maximum Gasteiger partial charge on any atom is 0.168 e. The predicted molar refractivity (Wildman–Crippen MR) is 73.0 cm³/mol. The minimum absolute atomic E-state index is 0.136. The Morgan fingerprint density at radius 2 is 2.16 bits per heavy atom. The van der Waals surface area contributed by atoms with Crippen molar-refractivity contribution in [2.45, 2.75) is 13.5 Å². The normalized spacial score (nSPS) is 10.3. The van der Waals surface area contributed by atoms with Crippen LogP contribution in [0.3, 0.4) is 0 Å². The molecule has 3 N–H and O–H groups in total. The molecule has 0 saturated heterocycles. The average molecular weight is 327 g/mol. The topological polar surface area (TPSA) is 73.1 Å². The van der Waals surface area contributed by atoms with E-state index in [1.54, 1.807) is 18.2 Å². The Balaban J connectivity index is 2.09. The molecule has 0 spiro atoms. The van der Waals surface area contributed by atoms with Crippen molar-refractivity contribution in [3.8, 4) is 5.75 Å². The molecule has 0 bridgehead atoms. The molecule has 0 atom stereocenters. The number of ether oxygens (including phenoxy) is 1. The van der Waals surface area contributed by atoms with Gasteiger partial charge in [0.25, 0.3) is 0 Å². The monoisotopic (exact) mass is 326 g/mol. The van der Waals surface area contributed by atoms with Gasteiger partial charge in [0.05, 0.1) is 4.47 Å². The molecule has 1 heterocycles. The van der Waals surface area contributed by atoms with Gasteiger partial charge >= 0.3 is 0 Å². The Hall–Kier alpha value is -1.73. The summed E-state index contributed by atoms with van der Waals surface area (Å²) in [4.78, 5) is 8.33. The highest BCUT2D eigenvalue weighted by Gasteiger charge is 2.05. The second-order valence-corrected chi connectivity index (χ2v) is 4.67. The molecule has 0 aliphatic carbocycles. The maximum atomic E-state index is 13.3. The summed E-state index contributed by atoms with van der Waals surface area (Å²) in [5, 5.41) is 0. The standard InChI is InChI=1S/C12H12BrFN4O/c1-7-4-11(18-15)17-12(16-7)6-19-8-2-3-9(13)10(14)5-8/h2-5H,6,15H2,1H3,(H,16,17,18). The number of benzene rings is 1. The molecular formula is C12H12BrFN4O. The molecule has 5 nitrogen and oxygen atoms in total. The van der Waals surface area contributed by atoms with Crippen LogP contribution < -0.4 is 16.0 Å². The molecule has 1 aromatic carbocycles. The van der Waals surface area contributed by atoms with E-state index in [9.17, 15) is 4.39 Å². The lowest BCUT2D eigenvalue weighted by atomic mass is 10.3. The third-order valence-corrected chi connectivity index (χ3v) is 2.95. The number of hydrogen-bond donors (Lipinski definition) is 2. The van der Waals surface area contributed by atoms with Gasteiger partial charge in [-0.2, -0.15) is 0 Å². The van der Waals surface area contributed by atoms with Gasteiger partial charge in [-0.3, -0.25) is 0 Å². The number of rotatable bonds is 4. The van der Waals surface area contributed by atoms with Gasteiger partial charge in [0.15, 0.2) is 5.82 Å². The fourth-order valence-corrected chi connectivity index (χ4v) is 1.73. The Kier molecular flexibility index (Phi) is 4.28. The first kappa shape index (κ1) is 13.7. The Morgan fingerprint density at radius 3 is 2.84 bits per heavy atom. The lowest BCUT2D eigenvalue weighted by Gasteiger charge is -2.08. The van der Waals surface area contributed by atoms with Crippen molar-refractivity contribution in [1.82, 2.24) is 9.97 Å². The molecule has 7 heteroatoms. The van der Waals surface area contributed by atoms with Crippen LogP contribution >= 0.6 is 15.9 Å². The van der Waals surface area contributed by atoms with Crippen molar-refractivity contribution < 1.29 is 9.13 Å². The van der Waals surface area contributed by atoms with E-state index in [0.717, 1.165) is 5.69 Å². The molecule has 2 rings (SSSR count). The molecule has 19 heavy (non-hydrogen) atoms. The summed E-state index contributed by atoms with van der Waals surface area (Å²) in [6.45, 7) is 1.96. The SMILES string of the molecule is Cc1cc(NN)nc(COc2ccc(Br)c(F)c2)n1. The van der Waals surface area contributed by atoms with E-state index in [2.05, 4.69) is 31.3 Å². The summed E-state index contributed by atoms with van der Waals surface area (Å²) in [6.07, 6.45) is 0.